The average molecular weight is 426 g/mol. The standard InChI is InChI=1S/C25H22N4O3/c1-15-24(16(2)32-27-15)29-17(3)26-23-21(29)12-11-20(18-10-13-22(30)28(4)14-18)25(23)31-19-8-6-5-7-9-19/h5-14H,1-4H3. The Bertz CT molecular complexity index is 1490. The van der Waals surface area contributed by atoms with Gasteiger partial charge in [0.15, 0.2) is 11.5 Å². The molecule has 5 rings (SSSR count). The van der Waals surface area contributed by atoms with Crippen LogP contribution in [-0.2, 0) is 7.05 Å². The van der Waals surface area contributed by atoms with Gasteiger partial charge in [-0.3, -0.25) is 9.36 Å². The Balaban J connectivity index is 1.80. The zero-order valence-corrected chi connectivity index (χ0v) is 18.3. The van der Waals surface area contributed by atoms with E-state index in [4.69, 9.17) is 14.2 Å². The summed E-state index contributed by atoms with van der Waals surface area (Å²) in [4.78, 5) is 16.8. The molecule has 3 heterocycles. The molecule has 0 saturated heterocycles. The first kappa shape index (κ1) is 19.8. The number of pyridine rings is 1. The van der Waals surface area contributed by atoms with E-state index in [2.05, 4.69) is 5.16 Å². The molecule has 0 aliphatic heterocycles. The van der Waals surface area contributed by atoms with Crippen molar-refractivity contribution in [3.63, 3.8) is 0 Å². The van der Waals surface area contributed by atoms with Gasteiger partial charge in [-0.1, -0.05) is 23.4 Å². The van der Waals surface area contributed by atoms with Crippen molar-refractivity contribution in [2.75, 3.05) is 0 Å². The molecule has 0 saturated carbocycles. The Morgan fingerprint density at radius 3 is 2.44 bits per heavy atom. The fourth-order valence-corrected chi connectivity index (χ4v) is 4.01. The molecule has 0 spiro atoms. The van der Waals surface area contributed by atoms with Crippen molar-refractivity contribution in [1.29, 1.82) is 0 Å². The van der Waals surface area contributed by atoms with E-state index in [1.807, 2.05) is 67.8 Å². The van der Waals surface area contributed by atoms with Crippen LogP contribution in [0.15, 0.2) is 70.1 Å². The van der Waals surface area contributed by atoms with Crippen LogP contribution < -0.4 is 10.3 Å². The fraction of sp³-hybridized carbons (Fsp3) is 0.160. The second-order valence-corrected chi connectivity index (χ2v) is 7.76. The molecule has 7 nitrogen and oxygen atoms in total. The highest BCUT2D eigenvalue weighted by Crippen LogP contribution is 2.40. The predicted octanol–water partition coefficient (Wildman–Crippen LogP) is 5.10. The number of para-hydroxylation sites is 1. The lowest BCUT2D eigenvalue weighted by Crippen LogP contribution is -2.14. The third-order valence-corrected chi connectivity index (χ3v) is 5.53. The number of benzene rings is 2. The minimum atomic E-state index is -0.0705. The van der Waals surface area contributed by atoms with Gasteiger partial charge in [0, 0.05) is 30.4 Å². The highest BCUT2D eigenvalue weighted by Gasteiger charge is 2.22. The second kappa shape index (κ2) is 7.53. The zero-order valence-electron chi connectivity index (χ0n) is 18.3. The number of nitrogens with zero attached hydrogens (tertiary/aromatic N) is 4. The van der Waals surface area contributed by atoms with Crippen molar-refractivity contribution < 1.29 is 9.26 Å². The van der Waals surface area contributed by atoms with E-state index in [1.165, 1.54) is 0 Å². The van der Waals surface area contributed by atoms with Crippen molar-refractivity contribution in [2.24, 2.45) is 7.05 Å². The molecule has 0 fully saturated rings. The molecule has 0 amide bonds. The number of fused-ring (bicyclic) bond motifs is 1. The number of rotatable bonds is 4. The summed E-state index contributed by atoms with van der Waals surface area (Å²) in [7, 11) is 1.73. The van der Waals surface area contributed by atoms with Gasteiger partial charge in [-0.2, -0.15) is 0 Å². The van der Waals surface area contributed by atoms with Crippen molar-refractivity contribution in [2.45, 2.75) is 20.8 Å². The SMILES string of the molecule is Cc1noc(C)c1-n1c(C)nc2c(Oc3ccccc3)c(-c3ccc(=O)n(C)c3)ccc21. The molecule has 0 aliphatic carbocycles. The van der Waals surface area contributed by atoms with Gasteiger partial charge in [-0.15, -0.1) is 0 Å². The van der Waals surface area contributed by atoms with Gasteiger partial charge in [0.1, 0.15) is 28.5 Å². The maximum absolute atomic E-state index is 11.9. The summed E-state index contributed by atoms with van der Waals surface area (Å²) in [5, 5.41) is 4.11. The molecule has 0 radical (unpaired) electrons. The number of ether oxygens (including phenoxy) is 1. The van der Waals surface area contributed by atoms with Crippen LogP contribution in [0.25, 0.3) is 27.8 Å². The van der Waals surface area contributed by atoms with Gasteiger partial charge in [-0.05, 0) is 51.1 Å². The molecule has 0 N–H and O–H groups in total. The van der Waals surface area contributed by atoms with Gasteiger partial charge >= 0.3 is 0 Å². The molecule has 32 heavy (non-hydrogen) atoms. The van der Waals surface area contributed by atoms with Crippen LogP contribution in [0, 0.1) is 20.8 Å². The zero-order chi connectivity index (χ0) is 22.4. The fourth-order valence-electron chi connectivity index (χ4n) is 4.01. The van der Waals surface area contributed by atoms with E-state index in [0.29, 0.717) is 11.5 Å². The number of aromatic nitrogens is 4. The van der Waals surface area contributed by atoms with Gasteiger partial charge in [0.2, 0.25) is 5.56 Å². The molecule has 0 bridgehead atoms. The lowest BCUT2D eigenvalue weighted by Gasteiger charge is -2.14. The Morgan fingerprint density at radius 2 is 1.75 bits per heavy atom. The summed E-state index contributed by atoms with van der Waals surface area (Å²) in [6, 6.07) is 17.0. The first-order valence-corrected chi connectivity index (χ1v) is 10.3. The monoisotopic (exact) mass is 426 g/mol. The van der Waals surface area contributed by atoms with Crippen LogP contribution in [0.5, 0.6) is 11.5 Å². The van der Waals surface area contributed by atoms with Crippen LogP contribution >= 0.6 is 0 Å². The molecule has 5 aromatic rings. The number of imidazole rings is 1. The highest BCUT2D eigenvalue weighted by atomic mass is 16.5. The molecular weight excluding hydrogens is 404 g/mol. The molecule has 2 aromatic carbocycles. The normalized spacial score (nSPS) is 11.2. The molecular formula is C25H22N4O3. The summed E-state index contributed by atoms with van der Waals surface area (Å²) in [5.41, 5.74) is 4.92. The largest absolute Gasteiger partial charge is 0.454 e. The van der Waals surface area contributed by atoms with E-state index in [1.54, 1.807) is 29.9 Å². The lowest BCUT2D eigenvalue weighted by molar-refractivity contribution is 0.393. The van der Waals surface area contributed by atoms with Crippen LogP contribution in [0.3, 0.4) is 0 Å². The first-order valence-electron chi connectivity index (χ1n) is 10.3. The van der Waals surface area contributed by atoms with E-state index in [-0.39, 0.29) is 5.56 Å². The van der Waals surface area contributed by atoms with Gasteiger partial charge in [-0.25, -0.2) is 4.98 Å². The van der Waals surface area contributed by atoms with Crippen molar-refractivity contribution in [1.82, 2.24) is 19.3 Å². The maximum Gasteiger partial charge on any atom is 0.250 e. The third kappa shape index (κ3) is 3.19. The molecule has 7 heteroatoms. The highest BCUT2D eigenvalue weighted by molar-refractivity contribution is 5.92. The Labute approximate surface area is 184 Å². The van der Waals surface area contributed by atoms with E-state index in [0.717, 1.165) is 45.1 Å². The molecule has 0 atom stereocenters. The van der Waals surface area contributed by atoms with Gasteiger partial charge < -0.3 is 13.8 Å². The average Bonchev–Trinajstić information content (AvgIpc) is 3.28. The number of hydrogen-bond acceptors (Lipinski definition) is 5. The first-order chi connectivity index (χ1) is 15.4. The number of hydrogen-bond donors (Lipinski definition) is 0. The van der Waals surface area contributed by atoms with E-state index < -0.39 is 0 Å². The summed E-state index contributed by atoms with van der Waals surface area (Å²) in [6.45, 7) is 5.75. The summed E-state index contributed by atoms with van der Waals surface area (Å²) < 4.78 is 15.4. The van der Waals surface area contributed by atoms with Crippen molar-refractivity contribution >= 4 is 11.0 Å². The smallest absolute Gasteiger partial charge is 0.250 e. The predicted molar refractivity (Wildman–Crippen MR) is 123 cm³/mol. The number of aryl methyl sites for hydroxylation is 4. The van der Waals surface area contributed by atoms with E-state index >= 15 is 0 Å². The van der Waals surface area contributed by atoms with Crippen LogP contribution in [0.4, 0.5) is 0 Å². The molecule has 0 aliphatic rings. The van der Waals surface area contributed by atoms with Gasteiger partial charge in [0.05, 0.1) is 5.52 Å². The molecule has 0 unspecified atom stereocenters. The maximum atomic E-state index is 11.9. The van der Waals surface area contributed by atoms with Crippen molar-refractivity contribution in [3.8, 4) is 28.3 Å². The van der Waals surface area contributed by atoms with Gasteiger partial charge in [0.25, 0.3) is 0 Å². The van der Waals surface area contributed by atoms with E-state index in [9.17, 15) is 4.79 Å². The summed E-state index contributed by atoms with van der Waals surface area (Å²) in [5.74, 6) is 2.85. The quantitative estimate of drug-likeness (QED) is 0.400. The minimum Gasteiger partial charge on any atom is -0.454 e. The van der Waals surface area contributed by atoms with Crippen molar-refractivity contribution in [3.05, 3.63) is 88.4 Å². The molecule has 3 aromatic heterocycles. The second-order valence-electron chi connectivity index (χ2n) is 7.76. The topological polar surface area (TPSA) is 75.1 Å². The minimum absolute atomic E-state index is 0.0705. The Kier molecular flexibility index (Phi) is 4.66. The molecule has 160 valence electrons. The van der Waals surface area contributed by atoms with Crippen LogP contribution in [0.1, 0.15) is 17.3 Å². The van der Waals surface area contributed by atoms with Crippen LogP contribution in [0.2, 0.25) is 0 Å². The Morgan fingerprint density at radius 1 is 0.969 bits per heavy atom. The van der Waals surface area contributed by atoms with Crippen LogP contribution in [-0.4, -0.2) is 19.3 Å². The summed E-state index contributed by atoms with van der Waals surface area (Å²) in [6.07, 6.45) is 1.81. The third-order valence-electron chi connectivity index (χ3n) is 5.53. The lowest BCUT2D eigenvalue weighted by atomic mass is 10.1. The summed E-state index contributed by atoms with van der Waals surface area (Å²) >= 11 is 0. The Hall–Kier alpha value is -4.13.